The van der Waals surface area contributed by atoms with Crippen molar-refractivity contribution in [2.24, 2.45) is 5.92 Å². The van der Waals surface area contributed by atoms with Gasteiger partial charge < -0.3 is 14.7 Å². The zero-order chi connectivity index (χ0) is 17.7. The van der Waals surface area contributed by atoms with Crippen molar-refractivity contribution in [2.45, 2.75) is 57.4 Å². The molecule has 0 atom stereocenters. The normalized spacial score (nSPS) is 21.5. The van der Waals surface area contributed by atoms with Crippen LogP contribution in [-0.4, -0.2) is 46.6 Å². The molecule has 0 bridgehead atoms. The molecule has 2 aliphatic carbocycles. The first-order chi connectivity index (χ1) is 12.7. The van der Waals surface area contributed by atoms with Gasteiger partial charge in [-0.1, -0.05) is 5.16 Å². The van der Waals surface area contributed by atoms with E-state index in [9.17, 15) is 4.79 Å². The van der Waals surface area contributed by atoms with E-state index in [1.807, 2.05) is 17.9 Å². The molecule has 1 saturated heterocycles. The molecule has 0 spiro atoms. The number of aromatic nitrogens is 2. The molecule has 2 saturated carbocycles. The molecule has 3 fully saturated rings. The van der Waals surface area contributed by atoms with Crippen molar-refractivity contribution >= 4 is 17.0 Å². The van der Waals surface area contributed by atoms with Crippen LogP contribution in [0.2, 0.25) is 0 Å². The predicted molar refractivity (Wildman–Crippen MR) is 98.2 cm³/mol. The Kier molecular flexibility index (Phi) is 3.96. The van der Waals surface area contributed by atoms with Gasteiger partial charge in [0, 0.05) is 30.7 Å². The molecule has 2 aromatic rings. The van der Waals surface area contributed by atoms with E-state index in [4.69, 9.17) is 4.52 Å². The average Bonchev–Trinajstić information content (AvgIpc) is 3.58. The molecule has 2 aromatic heterocycles. The second-order valence-corrected chi connectivity index (χ2v) is 8.24. The summed E-state index contributed by atoms with van der Waals surface area (Å²) in [4.78, 5) is 19.8. The molecule has 1 amide bonds. The SMILES string of the molecule is Cc1noc2nc(C3CC3)cc(C(=O)N3CCC(NCC4CC4)CC3)c12. The summed E-state index contributed by atoms with van der Waals surface area (Å²) in [6.07, 6.45) is 7.12. The Balaban J connectivity index is 1.34. The third-order valence-electron chi connectivity index (χ3n) is 6.04. The van der Waals surface area contributed by atoms with Crippen LogP contribution in [0.3, 0.4) is 0 Å². The number of rotatable bonds is 5. The van der Waals surface area contributed by atoms with E-state index in [1.165, 1.54) is 12.8 Å². The molecule has 138 valence electrons. The maximum absolute atomic E-state index is 13.3. The molecule has 1 N–H and O–H groups in total. The zero-order valence-corrected chi connectivity index (χ0v) is 15.3. The minimum absolute atomic E-state index is 0.103. The van der Waals surface area contributed by atoms with Gasteiger partial charge in [0.15, 0.2) is 0 Å². The van der Waals surface area contributed by atoms with Gasteiger partial charge in [0.05, 0.1) is 16.6 Å². The molecule has 6 heteroatoms. The van der Waals surface area contributed by atoms with Gasteiger partial charge in [-0.05, 0) is 64.0 Å². The number of piperidine rings is 1. The summed E-state index contributed by atoms with van der Waals surface area (Å²) < 4.78 is 5.38. The number of fused-ring (bicyclic) bond motifs is 1. The lowest BCUT2D eigenvalue weighted by molar-refractivity contribution is 0.0706. The van der Waals surface area contributed by atoms with Gasteiger partial charge in [-0.25, -0.2) is 4.98 Å². The summed E-state index contributed by atoms with van der Waals surface area (Å²) >= 11 is 0. The molecule has 1 aliphatic heterocycles. The Hall–Kier alpha value is -1.95. The Morgan fingerprint density at radius 1 is 1.23 bits per heavy atom. The Morgan fingerprint density at radius 2 is 2.00 bits per heavy atom. The Bertz CT molecular complexity index is 830. The second-order valence-electron chi connectivity index (χ2n) is 8.24. The third-order valence-corrected chi connectivity index (χ3v) is 6.04. The fourth-order valence-electron chi connectivity index (χ4n) is 3.98. The first kappa shape index (κ1) is 16.2. The summed E-state index contributed by atoms with van der Waals surface area (Å²) in [5.41, 5.74) is 2.97. The zero-order valence-electron chi connectivity index (χ0n) is 15.3. The highest BCUT2D eigenvalue weighted by molar-refractivity contribution is 6.06. The van der Waals surface area contributed by atoms with Crippen LogP contribution in [0.5, 0.6) is 0 Å². The highest BCUT2D eigenvalue weighted by atomic mass is 16.5. The Labute approximate surface area is 153 Å². The quantitative estimate of drug-likeness (QED) is 0.894. The van der Waals surface area contributed by atoms with Crippen molar-refractivity contribution in [3.05, 3.63) is 23.0 Å². The topological polar surface area (TPSA) is 71.3 Å². The number of amides is 1. The molecular weight excluding hydrogens is 328 g/mol. The van der Waals surface area contributed by atoms with E-state index in [1.54, 1.807) is 0 Å². The first-order valence-corrected chi connectivity index (χ1v) is 9.98. The highest BCUT2D eigenvalue weighted by Crippen LogP contribution is 2.40. The summed E-state index contributed by atoms with van der Waals surface area (Å²) in [6.45, 7) is 4.66. The van der Waals surface area contributed by atoms with Crippen molar-refractivity contribution in [3.8, 4) is 0 Å². The molecule has 5 rings (SSSR count). The van der Waals surface area contributed by atoms with Gasteiger partial charge in [0.25, 0.3) is 11.6 Å². The van der Waals surface area contributed by atoms with Crippen LogP contribution in [0.4, 0.5) is 0 Å². The average molecular weight is 354 g/mol. The van der Waals surface area contributed by atoms with E-state index in [2.05, 4.69) is 15.5 Å². The van der Waals surface area contributed by atoms with Crippen LogP contribution in [0.1, 0.15) is 66.2 Å². The molecule has 0 aromatic carbocycles. The van der Waals surface area contributed by atoms with Gasteiger partial charge in [-0.15, -0.1) is 0 Å². The number of carbonyl (C=O) groups excluding carboxylic acids is 1. The summed E-state index contributed by atoms with van der Waals surface area (Å²) in [5, 5.41) is 8.51. The smallest absolute Gasteiger partial charge is 0.259 e. The summed E-state index contributed by atoms with van der Waals surface area (Å²) in [7, 11) is 0. The largest absolute Gasteiger partial charge is 0.339 e. The third kappa shape index (κ3) is 3.11. The van der Waals surface area contributed by atoms with Gasteiger partial charge in [0.2, 0.25) is 0 Å². The van der Waals surface area contributed by atoms with Crippen molar-refractivity contribution in [1.82, 2.24) is 20.4 Å². The van der Waals surface area contributed by atoms with E-state index in [0.29, 0.717) is 17.7 Å². The summed E-state index contributed by atoms with van der Waals surface area (Å²) in [6, 6.07) is 2.54. The van der Waals surface area contributed by atoms with E-state index < -0.39 is 0 Å². The number of nitrogens with one attached hydrogen (secondary N) is 1. The number of hydrogen-bond donors (Lipinski definition) is 1. The fourth-order valence-corrected chi connectivity index (χ4v) is 3.98. The van der Waals surface area contributed by atoms with Gasteiger partial charge in [-0.3, -0.25) is 4.79 Å². The van der Waals surface area contributed by atoms with Crippen molar-refractivity contribution in [1.29, 1.82) is 0 Å². The molecule has 6 nitrogen and oxygen atoms in total. The van der Waals surface area contributed by atoms with Crippen LogP contribution in [-0.2, 0) is 0 Å². The summed E-state index contributed by atoms with van der Waals surface area (Å²) in [5.74, 6) is 1.48. The minimum atomic E-state index is 0.103. The fraction of sp³-hybridized carbons (Fsp3) is 0.650. The molecule has 0 unspecified atom stereocenters. The lowest BCUT2D eigenvalue weighted by Crippen LogP contribution is -2.45. The molecule has 26 heavy (non-hydrogen) atoms. The minimum Gasteiger partial charge on any atom is -0.339 e. The number of nitrogens with zero attached hydrogens (tertiary/aromatic N) is 3. The molecule has 0 radical (unpaired) electrons. The van der Waals surface area contributed by atoms with Crippen LogP contribution < -0.4 is 5.32 Å². The molecular formula is C20H26N4O2. The van der Waals surface area contributed by atoms with Crippen LogP contribution in [0, 0.1) is 12.8 Å². The monoisotopic (exact) mass is 354 g/mol. The van der Waals surface area contributed by atoms with Crippen molar-refractivity contribution < 1.29 is 9.32 Å². The van der Waals surface area contributed by atoms with Crippen molar-refractivity contribution in [3.63, 3.8) is 0 Å². The number of pyridine rings is 1. The van der Waals surface area contributed by atoms with E-state index in [0.717, 1.165) is 73.6 Å². The van der Waals surface area contributed by atoms with Crippen LogP contribution >= 0.6 is 0 Å². The van der Waals surface area contributed by atoms with E-state index in [-0.39, 0.29) is 5.91 Å². The van der Waals surface area contributed by atoms with Gasteiger partial charge in [-0.2, -0.15) is 0 Å². The molecule has 3 aliphatic rings. The first-order valence-electron chi connectivity index (χ1n) is 9.98. The number of carbonyl (C=O) groups is 1. The van der Waals surface area contributed by atoms with Crippen LogP contribution in [0.15, 0.2) is 10.6 Å². The predicted octanol–water partition coefficient (Wildman–Crippen LogP) is 3.01. The lowest BCUT2D eigenvalue weighted by Gasteiger charge is -2.32. The van der Waals surface area contributed by atoms with Crippen LogP contribution in [0.25, 0.3) is 11.1 Å². The highest BCUT2D eigenvalue weighted by Gasteiger charge is 2.31. The maximum Gasteiger partial charge on any atom is 0.259 e. The van der Waals surface area contributed by atoms with E-state index >= 15 is 0 Å². The number of likely N-dealkylation sites (tertiary alicyclic amines) is 1. The second kappa shape index (κ2) is 6.34. The standard InChI is InChI=1S/C20H26N4O2/c1-12-18-16(10-17(14-4-5-14)22-19(18)26-23-12)20(25)24-8-6-15(7-9-24)21-11-13-2-3-13/h10,13-15,21H,2-9,11H2,1H3. The van der Waals surface area contributed by atoms with Gasteiger partial charge in [0.1, 0.15) is 0 Å². The number of hydrogen-bond acceptors (Lipinski definition) is 5. The van der Waals surface area contributed by atoms with Gasteiger partial charge >= 0.3 is 0 Å². The van der Waals surface area contributed by atoms with Crippen molar-refractivity contribution in [2.75, 3.05) is 19.6 Å². The maximum atomic E-state index is 13.3. The number of aryl methyl sites for hydroxylation is 1. The lowest BCUT2D eigenvalue weighted by atomic mass is 10.0. The molecule has 3 heterocycles. The Morgan fingerprint density at radius 3 is 2.69 bits per heavy atom.